The van der Waals surface area contributed by atoms with Crippen molar-refractivity contribution in [3.63, 3.8) is 0 Å². The van der Waals surface area contributed by atoms with E-state index in [9.17, 15) is 4.79 Å². The van der Waals surface area contributed by atoms with Gasteiger partial charge in [-0.1, -0.05) is 30.3 Å². The second-order valence-electron chi connectivity index (χ2n) is 5.07. The van der Waals surface area contributed by atoms with Crippen LogP contribution in [-0.2, 0) is 4.79 Å². The molecule has 2 fully saturated rings. The molecule has 2 aliphatic rings. The summed E-state index contributed by atoms with van der Waals surface area (Å²) in [6, 6.07) is 11.3. The highest BCUT2D eigenvalue weighted by Gasteiger charge is 2.45. The predicted molar refractivity (Wildman–Crippen MR) is 78.0 cm³/mol. The number of rotatable bonds is 1. The molecule has 0 radical (unpaired) electrons. The zero-order chi connectivity index (χ0) is 13.1. The molecule has 98 valence electrons. The van der Waals surface area contributed by atoms with E-state index in [1.165, 1.54) is 12.0 Å². The lowest BCUT2D eigenvalue weighted by atomic mass is 9.87. The highest BCUT2D eigenvalue weighted by atomic mass is 32.1. The van der Waals surface area contributed by atoms with Gasteiger partial charge in [-0.05, 0) is 36.5 Å². The summed E-state index contributed by atoms with van der Waals surface area (Å²) in [6.07, 6.45) is 4.06. The number of nitrogens with zero attached hydrogens (tertiary/aromatic N) is 1. The van der Waals surface area contributed by atoms with Gasteiger partial charge in [-0.25, -0.2) is 0 Å². The van der Waals surface area contributed by atoms with E-state index in [-0.39, 0.29) is 5.91 Å². The Labute approximate surface area is 115 Å². The normalized spacial score (nSPS) is 28.8. The molecule has 18 heavy (non-hydrogen) atoms. The van der Waals surface area contributed by atoms with Crippen LogP contribution in [0.4, 0.5) is 0 Å². The Morgan fingerprint density at radius 1 is 1.22 bits per heavy atom. The van der Waals surface area contributed by atoms with Gasteiger partial charge in [-0.15, -0.1) is 0 Å². The summed E-state index contributed by atoms with van der Waals surface area (Å²) < 4.78 is 0. The number of carbonyl (C=O) groups is 1. The first-order chi connectivity index (χ1) is 8.75. The van der Waals surface area contributed by atoms with Crippen LogP contribution >= 0.6 is 12.6 Å². The molecule has 3 rings (SSSR count). The summed E-state index contributed by atoms with van der Waals surface area (Å²) >= 11 is 3.53. The van der Waals surface area contributed by atoms with Crippen LogP contribution in [0.5, 0.6) is 0 Å². The molecule has 1 saturated heterocycles. The van der Waals surface area contributed by atoms with Gasteiger partial charge in [0.2, 0.25) is 5.91 Å². The number of fused-ring (bicyclic) bond motifs is 2. The molecular formula is C15H21NOS. The van der Waals surface area contributed by atoms with Crippen molar-refractivity contribution in [1.29, 1.82) is 0 Å². The molecule has 0 aromatic heterocycles. The van der Waals surface area contributed by atoms with E-state index >= 15 is 0 Å². The van der Waals surface area contributed by atoms with E-state index in [2.05, 4.69) is 47.9 Å². The molecule has 1 aliphatic carbocycles. The van der Waals surface area contributed by atoms with Gasteiger partial charge in [0.05, 0.1) is 0 Å². The van der Waals surface area contributed by atoms with Gasteiger partial charge in [0.1, 0.15) is 0 Å². The van der Waals surface area contributed by atoms with Gasteiger partial charge < -0.3 is 4.90 Å². The highest BCUT2D eigenvalue weighted by molar-refractivity contribution is 7.79. The Morgan fingerprint density at radius 2 is 1.89 bits per heavy atom. The third kappa shape index (κ3) is 2.41. The molecule has 1 heterocycles. The standard InChI is InChI=1S/C14H17NO.CH4S/c1-10(16)15-9-12-7-13(15)8-14(12)11-5-3-2-4-6-11;1-2/h2-6,12-14H,7-9H2,1H3;2H,1H3/t12?,13-,14?;/m1./s1. The summed E-state index contributed by atoms with van der Waals surface area (Å²) in [7, 11) is 0. The van der Waals surface area contributed by atoms with Crippen LogP contribution in [0.25, 0.3) is 0 Å². The summed E-state index contributed by atoms with van der Waals surface area (Å²) in [4.78, 5) is 13.5. The minimum absolute atomic E-state index is 0.249. The van der Waals surface area contributed by atoms with Gasteiger partial charge in [0.25, 0.3) is 0 Å². The molecule has 3 atom stereocenters. The Balaban J connectivity index is 0.000000574. The first kappa shape index (κ1) is 13.5. The van der Waals surface area contributed by atoms with Crippen molar-refractivity contribution < 1.29 is 4.79 Å². The maximum atomic E-state index is 11.4. The van der Waals surface area contributed by atoms with E-state index in [0.717, 1.165) is 13.0 Å². The van der Waals surface area contributed by atoms with E-state index < -0.39 is 0 Å². The smallest absolute Gasteiger partial charge is 0.219 e. The van der Waals surface area contributed by atoms with Crippen LogP contribution < -0.4 is 0 Å². The summed E-state index contributed by atoms with van der Waals surface area (Å²) in [5.74, 6) is 1.62. The second kappa shape index (κ2) is 5.79. The summed E-state index contributed by atoms with van der Waals surface area (Å²) in [6.45, 7) is 2.66. The van der Waals surface area contributed by atoms with E-state index in [1.807, 2.05) is 0 Å². The molecule has 0 spiro atoms. The Hall–Kier alpha value is -0.960. The lowest BCUT2D eigenvalue weighted by molar-refractivity contribution is -0.130. The number of thiol groups is 1. The number of benzene rings is 1. The van der Waals surface area contributed by atoms with Crippen LogP contribution in [0.1, 0.15) is 31.2 Å². The monoisotopic (exact) mass is 263 g/mol. The van der Waals surface area contributed by atoms with E-state index in [0.29, 0.717) is 17.9 Å². The highest BCUT2D eigenvalue weighted by Crippen LogP contribution is 2.47. The molecule has 3 heteroatoms. The average molecular weight is 263 g/mol. The molecular weight excluding hydrogens is 242 g/mol. The first-order valence-corrected chi connectivity index (χ1v) is 7.42. The topological polar surface area (TPSA) is 20.3 Å². The van der Waals surface area contributed by atoms with Crippen molar-refractivity contribution >= 4 is 18.5 Å². The molecule has 1 aromatic rings. The Morgan fingerprint density at radius 3 is 2.39 bits per heavy atom. The molecule has 2 unspecified atom stereocenters. The second-order valence-corrected chi connectivity index (χ2v) is 5.07. The van der Waals surface area contributed by atoms with Crippen LogP contribution in [0.15, 0.2) is 30.3 Å². The van der Waals surface area contributed by atoms with Crippen LogP contribution in [0, 0.1) is 5.92 Å². The quantitative estimate of drug-likeness (QED) is 0.772. The largest absolute Gasteiger partial charge is 0.340 e. The summed E-state index contributed by atoms with van der Waals surface area (Å²) in [5, 5.41) is 0. The van der Waals surface area contributed by atoms with Gasteiger partial charge >= 0.3 is 0 Å². The number of piperidine rings is 1. The number of carbonyl (C=O) groups excluding carboxylic acids is 1. The molecule has 1 amide bonds. The molecule has 2 nitrogen and oxygen atoms in total. The van der Waals surface area contributed by atoms with Gasteiger partial charge in [-0.2, -0.15) is 12.6 Å². The predicted octanol–water partition coefficient (Wildman–Crippen LogP) is 2.96. The molecule has 1 aliphatic heterocycles. The fraction of sp³-hybridized carbons (Fsp3) is 0.533. The van der Waals surface area contributed by atoms with Crippen molar-refractivity contribution in [3.05, 3.63) is 35.9 Å². The first-order valence-electron chi connectivity index (χ1n) is 6.52. The van der Waals surface area contributed by atoms with E-state index in [4.69, 9.17) is 0 Å². The van der Waals surface area contributed by atoms with Crippen LogP contribution in [-0.4, -0.2) is 29.6 Å². The SMILES string of the molecule is CC(=O)N1CC2C[C@@H]1CC2c1ccccc1.CS. The summed E-state index contributed by atoms with van der Waals surface area (Å²) in [5.41, 5.74) is 1.46. The maximum Gasteiger partial charge on any atom is 0.219 e. The van der Waals surface area contributed by atoms with Gasteiger partial charge in [-0.3, -0.25) is 4.79 Å². The van der Waals surface area contributed by atoms with Crippen molar-refractivity contribution in [2.24, 2.45) is 5.92 Å². The van der Waals surface area contributed by atoms with Crippen molar-refractivity contribution in [1.82, 2.24) is 4.90 Å². The molecule has 0 N–H and O–H groups in total. The van der Waals surface area contributed by atoms with Crippen molar-refractivity contribution in [2.75, 3.05) is 12.8 Å². The number of hydrogen-bond donors (Lipinski definition) is 1. The number of amides is 1. The van der Waals surface area contributed by atoms with E-state index in [1.54, 1.807) is 13.2 Å². The minimum atomic E-state index is 0.249. The third-order valence-corrected chi connectivity index (χ3v) is 4.17. The lowest BCUT2D eigenvalue weighted by Gasteiger charge is -2.31. The zero-order valence-corrected chi connectivity index (χ0v) is 11.9. The van der Waals surface area contributed by atoms with Crippen LogP contribution in [0.2, 0.25) is 0 Å². The van der Waals surface area contributed by atoms with Gasteiger partial charge in [0.15, 0.2) is 0 Å². The molecule has 1 aromatic carbocycles. The Bertz CT molecular complexity index is 406. The van der Waals surface area contributed by atoms with Crippen LogP contribution in [0.3, 0.4) is 0 Å². The fourth-order valence-electron chi connectivity index (χ4n) is 3.45. The lowest BCUT2D eigenvalue weighted by Crippen LogP contribution is -2.38. The average Bonchev–Trinajstić information content (AvgIpc) is 3.02. The van der Waals surface area contributed by atoms with Crippen molar-refractivity contribution in [2.45, 2.75) is 31.7 Å². The number of likely N-dealkylation sites (tertiary alicyclic amines) is 1. The fourth-order valence-corrected chi connectivity index (χ4v) is 3.45. The number of hydrogen-bond acceptors (Lipinski definition) is 2. The maximum absolute atomic E-state index is 11.4. The minimum Gasteiger partial charge on any atom is -0.340 e. The Kier molecular flexibility index (Phi) is 4.33. The molecule has 1 saturated carbocycles. The zero-order valence-electron chi connectivity index (χ0n) is 11.0. The van der Waals surface area contributed by atoms with Gasteiger partial charge in [0, 0.05) is 19.5 Å². The van der Waals surface area contributed by atoms with Crippen molar-refractivity contribution in [3.8, 4) is 0 Å². The molecule has 2 bridgehead atoms. The third-order valence-electron chi connectivity index (χ3n) is 4.17.